The van der Waals surface area contributed by atoms with Gasteiger partial charge in [0.25, 0.3) is 5.91 Å². The zero-order chi connectivity index (χ0) is 18.0. The van der Waals surface area contributed by atoms with Crippen LogP contribution >= 0.6 is 34.8 Å². The number of hydrogen-bond acceptors (Lipinski definition) is 2. The normalized spacial score (nSPS) is 12.0. The number of amides is 1. The van der Waals surface area contributed by atoms with Crippen molar-refractivity contribution in [1.29, 1.82) is 0 Å². The lowest BCUT2D eigenvalue weighted by Crippen LogP contribution is -2.30. The molecule has 3 rings (SSSR count). The van der Waals surface area contributed by atoms with Crippen molar-refractivity contribution in [3.05, 3.63) is 69.7 Å². The van der Waals surface area contributed by atoms with Crippen LogP contribution in [0.25, 0.3) is 10.8 Å². The average molecular weight is 395 g/mol. The molecule has 0 aliphatic rings. The fraction of sp³-hybridized carbons (Fsp3) is 0.105. The Kier molecular flexibility index (Phi) is 5.38. The average Bonchev–Trinajstić information content (AvgIpc) is 2.60. The van der Waals surface area contributed by atoms with E-state index in [1.165, 1.54) is 12.1 Å². The van der Waals surface area contributed by atoms with Gasteiger partial charge in [0.15, 0.2) is 6.10 Å². The van der Waals surface area contributed by atoms with Crippen LogP contribution in [-0.2, 0) is 4.79 Å². The summed E-state index contributed by atoms with van der Waals surface area (Å²) in [7, 11) is 0. The van der Waals surface area contributed by atoms with Gasteiger partial charge in [-0.3, -0.25) is 4.79 Å². The van der Waals surface area contributed by atoms with Crippen molar-refractivity contribution in [2.75, 3.05) is 5.32 Å². The minimum Gasteiger partial charge on any atom is -0.480 e. The summed E-state index contributed by atoms with van der Waals surface area (Å²) in [5, 5.41) is 5.63. The highest BCUT2D eigenvalue weighted by atomic mass is 35.5. The minimum atomic E-state index is -0.726. The second kappa shape index (κ2) is 7.52. The fourth-order valence-corrected chi connectivity index (χ4v) is 2.99. The third-order valence-corrected chi connectivity index (χ3v) is 4.73. The summed E-state index contributed by atoms with van der Waals surface area (Å²) in [6.45, 7) is 1.67. The summed E-state index contributed by atoms with van der Waals surface area (Å²) in [4.78, 5) is 12.4. The maximum atomic E-state index is 12.4. The number of carbonyl (C=O) groups is 1. The van der Waals surface area contributed by atoms with Crippen LogP contribution in [0, 0.1) is 0 Å². The van der Waals surface area contributed by atoms with E-state index < -0.39 is 6.10 Å². The molecule has 0 heterocycles. The van der Waals surface area contributed by atoms with E-state index in [0.29, 0.717) is 26.5 Å². The molecule has 0 aliphatic heterocycles. The topological polar surface area (TPSA) is 38.3 Å². The first-order valence-corrected chi connectivity index (χ1v) is 8.69. The molecule has 0 bridgehead atoms. The second-order valence-electron chi connectivity index (χ2n) is 5.47. The van der Waals surface area contributed by atoms with Gasteiger partial charge in [-0.1, -0.05) is 71.2 Å². The first-order valence-electron chi connectivity index (χ1n) is 7.55. The van der Waals surface area contributed by atoms with Crippen LogP contribution in [0.5, 0.6) is 5.75 Å². The van der Waals surface area contributed by atoms with Gasteiger partial charge >= 0.3 is 0 Å². The number of anilines is 1. The van der Waals surface area contributed by atoms with Gasteiger partial charge in [-0.05, 0) is 30.5 Å². The standard InChI is InChI=1S/C19H14Cl3NO2/c1-11(19(24)23-17-10-15(21)14(20)9-16(17)22)25-18-8-4-6-12-5-2-3-7-13(12)18/h2-11H,1H3,(H,23,24)/t11-/m0/s1. The molecule has 128 valence electrons. The van der Waals surface area contributed by atoms with Crippen LogP contribution in [0.2, 0.25) is 15.1 Å². The number of fused-ring (bicyclic) bond motifs is 1. The van der Waals surface area contributed by atoms with Gasteiger partial charge in [0.2, 0.25) is 0 Å². The quantitative estimate of drug-likeness (QED) is 0.534. The Labute approximate surface area is 160 Å². The van der Waals surface area contributed by atoms with Crippen LogP contribution in [0.3, 0.4) is 0 Å². The molecule has 0 fully saturated rings. The lowest BCUT2D eigenvalue weighted by molar-refractivity contribution is -0.122. The summed E-state index contributed by atoms with van der Waals surface area (Å²) in [5.41, 5.74) is 0.384. The third-order valence-electron chi connectivity index (χ3n) is 3.69. The van der Waals surface area contributed by atoms with Crippen molar-refractivity contribution in [3.8, 4) is 5.75 Å². The molecule has 1 N–H and O–H groups in total. The molecule has 0 aliphatic carbocycles. The van der Waals surface area contributed by atoms with Gasteiger partial charge < -0.3 is 10.1 Å². The van der Waals surface area contributed by atoms with Crippen LogP contribution in [0.4, 0.5) is 5.69 Å². The number of rotatable bonds is 4. The molecule has 0 spiro atoms. The number of halogens is 3. The first-order chi connectivity index (χ1) is 12.0. The molecule has 0 aromatic heterocycles. The van der Waals surface area contributed by atoms with E-state index in [9.17, 15) is 4.79 Å². The molecule has 0 unspecified atom stereocenters. The summed E-state index contributed by atoms with van der Waals surface area (Å²) < 4.78 is 5.84. The molecular weight excluding hydrogens is 381 g/mol. The highest BCUT2D eigenvalue weighted by Gasteiger charge is 2.18. The van der Waals surface area contributed by atoms with Crippen molar-refractivity contribution in [2.24, 2.45) is 0 Å². The van der Waals surface area contributed by atoms with Gasteiger partial charge in [0.05, 0.1) is 20.8 Å². The van der Waals surface area contributed by atoms with Crippen LogP contribution < -0.4 is 10.1 Å². The molecule has 3 aromatic carbocycles. The largest absolute Gasteiger partial charge is 0.480 e. The SMILES string of the molecule is C[C@H](Oc1cccc2ccccc12)C(=O)Nc1cc(Cl)c(Cl)cc1Cl. The maximum Gasteiger partial charge on any atom is 0.265 e. The zero-order valence-corrected chi connectivity index (χ0v) is 15.5. The molecule has 6 heteroatoms. The number of hydrogen-bond donors (Lipinski definition) is 1. The summed E-state index contributed by atoms with van der Waals surface area (Å²) >= 11 is 18.0. The number of benzene rings is 3. The second-order valence-corrected chi connectivity index (χ2v) is 6.69. The first kappa shape index (κ1) is 17.9. The highest BCUT2D eigenvalue weighted by Crippen LogP contribution is 2.32. The van der Waals surface area contributed by atoms with E-state index in [0.717, 1.165) is 10.8 Å². The van der Waals surface area contributed by atoms with Crippen LogP contribution in [-0.4, -0.2) is 12.0 Å². The molecule has 0 radical (unpaired) electrons. The molecular formula is C19H14Cl3NO2. The van der Waals surface area contributed by atoms with Crippen molar-refractivity contribution < 1.29 is 9.53 Å². The molecule has 0 saturated heterocycles. The van der Waals surface area contributed by atoms with E-state index in [2.05, 4.69) is 5.32 Å². The summed E-state index contributed by atoms with van der Waals surface area (Å²) in [6, 6.07) is 16.5. The molecule has 1 atom stereocenters. The lowest BCUT2D eigenvalue weighted by atomic mass is 10.1. The van der Waals surface area contributed by atoms with Gasteiger partial charge in [-0.15, -0.1) is 0 Å². The predicted molar refractivity (Wildman–Crippen MR) is 104 cm³/mol. The third kappa shape index (κ3) is 4.01. The van der Waals surface area contributed by atoms with Crippen molar-refractivity contribution in [3.63, 3.8) is 0 Å². The minimum absolute atomic E-state index is 0.306. The van der Waals surface area contributed by atoms with Crippen LogP contribution in [0.1, 0.15) is 6.92 Å². The summed E-state index contributed by atoms with van der Waals surface area (Å²) in [6.07, 6.45) is -0.726. The Morgan fingerprint density at radius 1 is 0.960 bits per heavy atom. The predicted octanol–water partition coefficient (Wildman–Crippen LogP) is 6.21. The van der Waals surface area contributed by atoms with E-state index >= 15 is 0 Å². The van der Waals surface area contributed by atoms with E-state index in [1.807, 2.05) is 42.5 Å². The van der Waals surface area contributed by atoms with Gasteiger partial charge in [-0.2, -0.15) is 0 Å². The van der Waals surface area contributed by atoms with Crippen LogP contribution in [0.15, 0.2) is 54.6 Å². The summed E-state index contributed by atoms with van der Waals surface area (Å²) in [5.74, 6) is 0.300. The monoisotopic (exact) mass is 393 g/mol. The fourth-order valence-electron chi connectivity index (χ4n) is 2.40. The zero-order valence-electron chi connectivity index (χ0n) is 13.2. The number of nitrogens with one attached hydrogen (secondary N) is 1. The Bertz CT molecular complexity index is 938. The van der Waals surface area contributed by atoms with Crippen molar-refractivity contribution >= 4 is 57.2 Å². The van der Waals surface area contributed by atoms with Crippen molar-refractivity contribution in [2.45, 2.75) is 13.0 Å². The van der Waals surface area contributed by atoms with E-state index in [-0.39, 0.29) is 5.91 Å². The Balaban J connectivity index is 1.78. The lowest BCUT2D eigenvalue weighted by Gasteiger charge is -2.17. The molecule has 3 aromatic rings. The molecule has 25 heavy (non-hydrogen) atoms. The van der Waals surface area contributed by atoms with E-state index in [1.54, 1.807) is 6.92 Å². The maximum absolute atomic E-state index is 12.4. The van der Waals surface area contributed by atoms with Gasteiger partial charge in [-0.25, -0.2) is 0 Å². The number of ether oxygens (including phenoxy) is 1. The Morgan fingerprint density at radius 3 is 2.44 bits per heavy atom. The smallest absolute Gasteiger partial charge is 0.265 e. The van der Waals surface area contributed by atoms with Gasteiger partial charge in [0.1, 0.15) is 5.75 Å². The highest BCUT2D eigenvalue weighted by molar-refractivity contribution is 6.44. The number of carbonyl (C=O) groups excluding carboxylic acids is 1. The van der Waals surface area contributed by atoms with E-state index in [4.69, 9.17) is 39.5 Å². The van der Waals surface area contributed by atoms with Crippen molar-refractivity contribution in [1.82, 2.24) is 0 Å². The molecule has 0 saturated carbocycles. The Morgan fingerprint density at radius 2 is 1.64 bits per heavy atom. The molecule has 1 amide bonds. The Hall–Kier alpha value is -1.94. The van der Waals surface area contributed by atoms with Gasteiger partial charge in [0, 0.05) is 5.39 Å². The molecule has 3 nitrogen and oxygen atoms in total.